The van der Waals surface area contributed by atoms with Gasteiger partial charge in [0.05, 0.1) is 12.1 Å². The van der Waals surface area contributed by atoms with E-state index in [9.17, 15) is 9.59 Å². The molecule has 0 saturated carbocycles. The summed E-state index contributed by atoms with van der Waals surface area (Å²) in [6, 6.07) is 11.5. The first-order chi connectivity index (χ1) is 11.4. The van der Waals surface area contributed by atoms with Gasteiger partial charge in [-0.3, -0.25) is 9.59 Å². The zero-order chi connectivity index (χ0) is 17.7. The van der Waals surface area contributed by atoms with Gasteiger partial charge in [0.25, 0.3) is 0 Å². The number of ketones is 1. The van der Waals surface area contributed by atoms with Crippen molar-refractivity contribution >= 4 is 34.7 Å². The zero-order valence-electron chi connectivity index (χ0n) is 13.7. The summed E-state index contributed by atoms with van der Waals surface area (Å²) >= 11 is 6.07. The van der Waals surface area contributed by atoms with Crippen molar-refractivity contribution in [1.29, 1.82) is 0 Å². The maximum absolute atomic E-state index is 12.2. The fraction of sp³-hybridized carbons (Fsp3) is 0.222. The molecule has 1 amide bonds. The molecule has 2 aromatic carbocycles. The lowest BCUT2D eigenvalue weighted by molar-refractivity contribution is -0.116. The average Bonchev–Trinajstić information content (AvgIpc) is 2.55. The van der Waals surface area contributed by atoms with Crippen molar-refractivity contribution < 1.29 is 14.3 Å². The van der Waals surface area contributed by atoms with Crippen molar-refractivity contribution in [2.75, 3.05) is 17.7 Å². The predicted octanol–water partition coefficient (Wildman–Crippen LogP) is 3.99. The molecule has 2 aromatic rings. The van der Waals surface area contributed by atoms with Crippen LogP contribution in [0.3, 0.4) is 0 Å². The number of hydrogen-bond acceptors (Lipinski definition) is 4. The van der Waals surface area contributed by atoms with Gasteiger partial charge in [0.1, 0.15) is 11.8 Å². The first kappa shape index (κ1) is 17.8. The highest BCUT2D eigenvalue weighted by atomic mass is 35.5. The number of rotatable bonds is 6. The Kier molecular flexibility index (Phi) is 5.82. The van der Waals surface area contributed by atoms with E-state index < -0.39 is 6.04 Å². The minimum atomic E-state index is -0.470. The molecule has 0 spiro atoms. The highest BCUT2D eigenvalue weighted by Gasteiger charge is 2.14. The molecule has 0 heterocycles. The average molecular weight is 347 g/mol. The number of Topliss-reactive ketones (excluding diaryl/α,β-unsaturated/α-hetero) is 1. The zero-order valence-corrected chi connectivity index (χ0v) is 14.5. The van der Waals surface area contributed by atoms with Crippen molar-refractivity contribution in [3.63, 3.8) is 0 Å². The van der Waals surface area contributed by atoms with E-state index in [0.717, 1.165) is 5.69 Å². The summed E-state index contributed by atoms with van der Waals surface area (Å²) in [4.78, 5) is 23.5. The number of methoxy groups -OCH3 is 1. The number of amides is 1. The predicted molar refractivity (Wildman–Crippen MR) is 96.2 cm³/mol. The molecule has 0 fully saturated rings. The van der Waals surface area contributed by atoms with Gasteiger partial charge in [-0.1, -0.05) is 11.6 Å². The Balaban J connectivity index is 1.99. The van der Waals surface area contributed by atoms with Crippen LogP contribution in [0.25, 0.3) is 0 Å². The molecule has 126 valence electrons. The van der Waals surface area contributed by atoms with Crippen LogP contribution in [0, 0.1) is 0 Å². The van der Waals surface area contributed by atoms with Gasteiger partial charge in [0.15, 0.2) is 5.78 Å². The summed E-state index contributed by atoms with van der Waals surface area (Å²) < 4.78 is 5.09. The van der Waals surface area contributed by atoms with E-state index in [2.05, 4.69) is 10.6 Å². The summed E-state index contributed by atoms with van der Waals surface area (Å²) in [7, 11) is 1.54. The van der Waals surface area contributed by atoms with Gasteiger partial charge < -0.3 is 15.4 Å². The second-order valence-electron chi connectivity index (χ2n) is 5.34. The molecule has 0 aliphatic rings. The second-order valence-corrected chi connectivity index (χ2v) is 5.75. The number of carbonyl (C=O) groups excluding carboxylic acids is 2. The number of nitrogens with one attached hydrogen (secondary N) is 2. The molecular weight excluding hydrogens is 328 g/mol. The third-order valence-electron chi connectivity index (χ3n) is 3.49. The Morgan fingerprint density at radius 1 is 1.08 bits per heavy atom. The van der Waals surface area contributed by atoms with Crippen LogP contribution in [-0.4, -0.2) is 24.8 Å². The number of carbonyl (C=O) groups is 2. The molecule has 0 aliphatic carbocycles. The summed E-state index contributed by atoms with van der Waals surface area (Å²) in [5.74, 6) is 0.363. The molecule has 5 nitrogen and oxygen atoms in total. The second kappa shape index (κ2) is 7.84. The molecule has 0 unspecified atom stereocenters. The van der Waals surface area contributed by atoms with Crippen molar-refractivity contribution in [2.24, 2.45) is 0 Å². The molecule has 0 aliphatic heterocycles. The van der Waals surface area contributed by atoms with Crippen LogP contribution < -0.4 is 15.4 Å². The Bertz CT molecular complexity index is 744. The van der Waals surface area contributed by atoms with Crippen molar-refractivity contribution in [1.82, 2.24) is 0 Å². The molecule has 2 N–H and O–H groups in total. The van der Waals surface area contributed by atoms with E-state index >= 15 is 0 Å². The number of anilines is 2. The molecule has 0 radical (unpaired) electrons. The van der Waals surface area contributed by atoms with Crippen LogP contribution in [0.2, 0.25) is 5.02 Å². The first-order valence-corrected chi connectivity index (χ1v) is 7.80. The molecule has 0 bridgehead atoms. The Labute approximate surface area is 146 Å². The largest absolute Gasteiger partial charge is 0.495 e. The van der Waals surface area contributed by atoms with E-state index in [-0.39, 0.29) is 11.7 Å². The van der Waals surface area contributed by atoms with E-state index in [1.807, 2.05) is 0 Å². The molecule has 6 heteroatoms. The van der Waals surface area contributed by atoms with Gasteiger partial charge in [0, 0.05) is 16.9 Å². The van der Waals surface area contributed by atoms with Crippen LogP contribution in [0.1, 0.15) is 24.2 Å². The first-order valence-electron chi connectivity index (χ1n) is 7.42. The monoisotopic (exact) mass is 346 g/mol. The van der Waals surface area contributed by atoms with Gasteiger partial charge in [-0.2, -0.15) is 0 Å². The fourth-order valence-corrected chi connectivity index (χ4v) is 2.37. The number of ether oxygens (including phenoxy) is 1. The van der Waals surface area contributed by atoms with Crippen molar-refractivity contribution in [3.05, 3.63) is 53.1 Å². The van der Waals surface area contributed by atoms with Crippen LogP contribution >= 0.6 is 11.6 Å². The van der Waals surface area contributed by atoms with Crippen molar-refractivity contribution in [2.45, 2.75) is 19.9 Å². The van der Waals surface area contributed by atoms with Gasteiger partial charge >= 0.3 is 0 Å². The summed E-state index contributed by atoms with van der Waals surface area (Å²) in [5.41, 5.74) is 1.95. The maximum Gasteiger partial charge on any atom is 0.246 e. The quantitative estimate of drug-likeness (QED) is 0.776. The van der Waals surface area contributed by atoms with Crippen LogP contribution in [0.4, 0.5) is 11.4 Å². The summed E-state index contributed by atoms with van der Waals surface area (Å²) in [5, 5.41) is 6.34. The fourth-order valence-electron chi connectivity index (χ4n) is 2.11. The highest BCUT2D eigenvalue weighted by molar-refractivity contribution is 6.32. The molecule has 0 aromatic heterocycles. The Morgan fingerprint density at radius 2 is 1.71 bits per heavy atom. The smallest absolute Gasteiger partial charge is 0.246 e. The molecular formula is C18H19ClN2O3. The number of benzene rings is 2. The van der Waals surface area contributed by atoms with E-state index in [0.29, 0.717) is 22.0 Å². The lowest BCUT2D eigenvalue weighted by Gasteiger charge is -2.16. The highest BCUT2D eigenvalue weighted by Crippen LogP contribution is 2.27. The van der Waals surface area contributed by atoms with E-state index in [1.165, 1.54) is 6.92 Å². The normalized spacial score (nSPS) is 11.5. The van der Waals surface area contributed by atoms with Gasteiger partial charge in [-0.05, 0) is 56.3 Å². The Morgan fingerprint density at radius 3 is 2.25 bits per heavy atom. The van der Waals surface area contributed by atoms with E-state index in [1.54, 1.807) is 56.5 Å². The van der Waals surface area contributed by atoms with Crippen LogP contribution in [-0.2, 0) is 4.79 Å². The van der Waals surface area contributed by atoms with Crippen LogP contribution in [0.5, 0.6) is 5.75 Å². The minimum absolute atomic E-state index is 0.0145. The SMILES string of the molecule is COc1ccc(N[C@H](C)C(=O)Nc2ccc(C(C)=O)cc2)cc1Cl. The third kappa shape index (κ3) is 4.49. The lowest BCUT2D eigenvalue weighted by atomic mass is 10.1. The van der Waals surface area contributed by atoms with Gasteiger partial charge in [-0.15, -0.1) is 0 Å². The summed E-state index contributed by atoms with van der Waals surface area (Å²) in [6.07, 6.45) is 0. The third-order valence-corrected chi connectivity index (χ3v) is 3.78. The van der Waals surface area contributed by atoms with Gasteiger partial charge in [-0.25, -0.2) is 0 Å². The lowest BCUT2D eigenvalue weighted by Crippen LogP contribution is -2.31. The minimum Gasteiger partial charge on any atom is -0.495 e. The van der Waals surface area contributed by atoms with Crippen molar-refractivity contribution in [3.8, 4) is 5.75 Å². The number of hydrogen-bond donors (Lipinski definition) is 2. The summed E-state index contributed by atoms with van der Waals surface area (Å²) in [6.45, 7) is 3.25. The maximum atomic E-state index is 12.2. The van der Waals surface area contributed by atoms with E-state index in [4.69, 9.17) is 16.3 Å². The molecule has 1 atom stereocenters. The number of halogens is 1. The van der Waals surface area contributed by atoms with Gasteiger partial charge in [0.2, 0.25) is 5.91 Å². The molecule has 0 saturated heterocycles. The topological polar surface area (TPSA) is 67.4 Å². The standard InChI is InChI=1S/C18H19ClN2O3/c1-11(20-15-8-9-17(24-3)16(19)10-15)18(23)21-14-6-4-13(5-7-14)12(2)22/h4-11,20H,1-3H3,(H,21,23)/t11-/m1/s1. The Hall–Kier alpha value is -2.53. The van der Waals surface area contributed by atoms with Crippen LogP contribution in [0.15, 0.2) is 42.5 Å². The molecule has 2 rings (SSSR count). The molecule has 24 heavy (non-hydrogen) atoms.